The third kappa shape index (κ3) is 2.91. The molecule has 0 aliphatic carbocycles. The summed E-state index contributed by atoms with van der Waals surface area (Å²) >= 11 is 0. The number of hydrogen-bond donors (Lipinski definition) is 1. The summed E-state index contributed by atoms with van der Waals surface area (Å²) in [5, 5.41) is 3.15. The minimum Gasteiger partial charge on any atom is -0.495 e. The normalized spacial score (nSPS) is 21.3. The Morgan fingerprint density at radius 1 is 1.37 bits per heavy atom. The van der Waals surface area contributed by atoms with E-state index in [0.717, 1.165) is 12.8 Å². The highest BCUT2D eigenvalue weighted by Gasteiger charge is 2.31. The minimum atomic E-state index is -3.48. The molecule has 0 radical (unpaired) electrons. The van der Waals surface area contributed by atoms with E-state index in [2.05, 4.69) is 5.32 Å². The van der Waals surface area contributed by atoms with Gasteiger partial charge < -0.3 is 10.1 Å². The fourth-order valence-corrected chi connectivity index (χ4v) is 4.05. The Morgan fingerprint density at radius 2 is 2.11 bits per heavy atom. The van der Waals surface area contributed by atoms with Crippen molar-refractivity contribution in [2.45, 2.75) is 23.8 Å². The fourth-order valence-electron chi connectivity index (χ4n) is 2.37. The lowest BCUT2D eigenvalue weighted by atomic mass is 10.1. The Kier molecular flexibility index (Phi) is 4.44. The number of likely N-dealkylation sites (N-methyl/N-ethyl adjacent to an activating group) is 1. The van der Waals surface area contributed by atoms with Gasteiger partial charge in [-0.05, 0) is 32.0 Å². The van der Waals surface area contributed by atoms with Crippen LogP contribution in [0.3, 0.4) is 0 Å². The zero-order valence-corrected chi connectivity index (χ0v) is 12.1. The molecule has 0 unspecified atom stereocenters. The highest BCUT2D eigenvalue weighted by Crippen LogP contribution is 2.28. The Bertz CT molecular complexity index is 530. The van der Waals surface area contributed by atoms with Crippen LogP contribution in [-0.4, -0.2) is 46.0 Å². The molecule has 5 nitrogen and oxygen atoms in total. The van der Waals surface area contributed by atoms with Gasteiger partial charge in [-0.25, -0.2) is 8.42 Å². The van der Waals surface area contributed by atoms with Gasteiger partial charge in [0.15, 0.2) is 0 Å². The molecular weight excluding hydrogens is 264 g/mol. The van der Waals surface area contributed by atoms with E-state index in [1.807, 2.05) is 7.05 Å². The molecule has 2 rings (SSSR count). The number of ether oxygens (including phenoxy) is 1. The summed E-state index contributed by atoms with van der Waals surface area (Å²) in [4.78, 5) is 0.245. The van der Waals surface area contributed by atoms with Crippen molar-refractivity contribution in [2.24, 2.45) is 0 Å². The Labute approximate surface area is 114 Å². The van der Waals surface area contributed by atoms with Crippen LogP contribution >= 0.6 is 0 Å². The Balaban J connectivity index is 2.31. The van der Waals surface area contributed by atoms with Crippen molar-refractivity contribution in [1.29, 1.82) is 0 Å². The molecule has 1 aliphatic heterocycles. The van der Waals surface area contributed by atoms with E-state index in [-0.39, 0.29) is 10.9 Å². The van der Waals surface area contributed by atoms with Crippen molar-refractivity contribution in [3.8, 4) is 5.75 Å². The number of methoxy groups -OCH3 is 1. The predicted octanol–water partition coefficient (Wildman–Crippen LogP) is 1.07. The molecule has 1 aromatic rings. The molecule has 19 heavy (non-hydrogen) atoms. The van der Waals surface area contributed by atoms with Crippen molar-refractivity contribution in [3.05, 3.63) is 24.3 Å². The first-order valence-corrected chi connectivity index (χ1v) is 7.84. The molecule has 0 spiro atoms. The highest BCUT2D eigenvalue weighted by atomic mass is 32.2. The maximum Gasteiger partial charge on any atom is 0.246 e. The first kappa shape index (κ1) is 14.3. The van der Waals surface area contributed by atoms with Gasteiger partial charge in [-0.2, -0.15) is 4.31 Å². The SMILES string of the molecule is CN[C@@H]1CCCN(S(=O)(=O)c2ccccc2OC)C1. The Morgan fingerprint density at radius 3 is 2.79 bits per heavy atom. The third-order valence-corrected chi connectivity index (χ3v) is 5.38. The third-order valence-electron chi connectivity index (χ3n) is 3.48. The van der Waals surface area contributed by atoms with Crippen molar-refractivity contribution >= 4 is 10.0 Å². The van der Waals surface area contributed by atoms with Crippen LogP contribution in [0.25, 0.3) is 0 Å². The van der Waals surface area contributed by atoms with E-state index in [9.17, 15) is 8.42 Å². The Hall–Kier alpha value is -1.11. The highest BCUT2D eigenvalue weighted by molar-refractivity contribution is 7.89. The smallest absolute Gasteiger partial charge is 0.246 e. The number of nitrogens with one attached hydrogen (secondary N) is 1. The number of sulfonamides is 1. The van der Waals surface area contributed by atoms with Gasteiger partial charge in [0.25, 0.3) is 0 Å². The zero-order chi connectivity index (χ0) is 13.9. The number of benzene rings is 1. The van der Waals surface area contributed by atoms with Gasteiger partial charge in [-0.15, -0.1) is 0 Å². The number of hydrogen-bond acceptors (Lipinski definition) is 4. The molecule has 106 valence electrons. The fraction of sp³-hybridized carbons (Fsp3) is 0.538. The van der Waals surface area contributed by atoms with Gasteiger partial charge >= 0.3 is 0 Å². The van der Waals surface area contributed by atoms with Gasteiger partial charge in [0.1, 0.15) is 10.6 Å². The predicted molar refractivity (Wildman–Crippen MR) is 73.8 cm³/mol. The topological polar surface area (TPSA) is 58.6 Å². The summed E-state index contributed by atoms with van der Waals surface area (Å²) in [5.41, 5.74) is 0. The summed E-state index contributed by atoms with van der Waals surface area (Å²) in [6, 6.07) is 6.97. The van der Waals surface area contributed by atoms with Crippen LogP contribution in [0.1, 0.15) is 12.8 Å². The molecule has 0 bridgehead atoms. The van der Waals surface area contributed by atoms with Gasteiger partial charge in [0.2, 0.25) is 10.0 Å². The summed E-state index contributed by atoms with van der Waals surface area (Å²) in [6.07, 6.45) is 1.88. The molecule has 0 saturated carbocycles. The summed E-state index contributed by atoms with van der Waals surface area (Å²) in [6.45, 7) is 1.08. The van der Waals surface area contributed by atoms with E-state index in [0.29, 0.717) is 18.8 Å². The first-order valence-electron chi connectivity index (χ1n) is 6.40. The standard InChI is InChI=1S/C13H20N2O3S/c1-14-11-6-5-9-15(10-11)19(16,17)13-8-4-3-7-12(13)18-2/h3-4,7-8,11,14H,5-6,9-10H2,1-2H3/t11-/m1/s1. The van der Waals surface area contributed by atoms with Crippen molar-refractivity contribution < 1.29 is 13.2 Å². The van der Waals surface area contributed by atoms with Gasteiger partial charge in [0, 0.05) is 19.1 Å². The monoisotopic (exact) mass is 284 g/mol. The zero-order valence-electron chi connectivity index (χ0n) is 11.3. The first-order chi connectivity index (χ1) is 9.09. The van der Waals surface area contributed by atoms with Crippen molar-refractivity contribution in [2.75, 3.05) is 27.2 Å². The molecule has 1 heterocycles. The van der Waals surface area contributed by atoms with Crippen LogP contribution in [0.4, 0.5) is 0 Å². The lowest BCUT2D eigenvalue weighted by Gasteiger charge is -2.31. The average Bonchev–Trinajstić information content (AvgIpc) is 2.47. The molecule has 1 atom stereocenters. The molecule has 1 N–H and O–H groups in total. The van der Waals surface area contributed by atoms with Gasteiger partial charge in [0.05, 0.1) is 7.11 Å². The van der Waals surface area contributed by atoms with Gasteiger partial charge in [-0.1, -0.05) is 12.1 Å². The van der Waals surface area contributed by atoms with Crippen LogP contribution in [0.15, 0.2) is 29.2 Å². The lowest BCUT2D eigenvalue weighted by molar-refractivity contribution is 0.291. The van der Waals surface area contributed by atoms with E-state index < -0.39 is 10.0 Å². The second-order valence-corrected chi connectivity index (χ2v) is 6.55. The van der Waals surface area contributed by atoms with E-state index in [1.165, 1.54) is 11.4 Å². The lowest BCUT2D eigenvalue weighted by Crippen LogP contribution is -2.46. The van der Waals surface area contributed by atoms with Crippen LogP contribution in [0, 0.1) is 0 Å². The maximum atomic E-state index is 12.6. The van der Waals surface area contributed by atoms with Gasteiger partial charge in [-0.3, -0.25) is 0 Å². The van der Waals surface area contributed by atoms with Crippen LogP contribution in [-0.2, 0) is 10.0 Å². The minimum absolute atomic E-state index is 0.221. The molecule has 0 aromatic heterocycles. The van der Waals surface area contributed by atoms with E-state index >= 15 is 0 Å². The maximum absolute atomic E-state index is 12.6. The largest absolute Gasteiger partial charge is 0.495 e. The summed E-state index contributed by atoms with van der Waals surface area (Å²) < 4.78 is 32.0. The summed E-state index contributed by atoms with van der Waals surface area (Å²) in [5.74, 6) is 0.397. The summed E-state index contributed by atoms with van der Waals surface area (Å²) in [7, 11) is -0.127. The molecule has 1 saturated heterocycles. The van der Waals surface area contributed by atoms with E-state index in [1.54, 1.807) is 24.3 Å². The van der Waals surface area contributed by atoms with Crippen LogP contribution in [0.5, 0.6) is 5.75 Å². The van der Waals surface area contributed by atoms with Crippen molar-refractivity contribution in [1.82, 2.24) is 9.62 Å². The molecule has 0 amide bonds. The number of para-hydroxylation sites is 1. The van der Waals surface area contributed by atoms with Crippen LogP contribution in [0.2, 0.25) is 0 Å². The molecular formula is C13H20N2O3S. The number of rotatable bonds is 4. The molecule has 1 fully saturated rings. The number of piperidine rings is 1. The second kappa shape index (κ2) is 5.90. The molecule has 1 aromatic carbocycles. The van der Waals surface area contributed by atoms with Crippen molar-refractivity contribution in [3.63, 3.8) is 0 Å². The second-order valence-electron chi connectivity index (χ2n) is 4.64. The number of nitrogens with zero attached hydrogens (tertiary/aromatic N) is 1. The molecule has 1 aliphatic rings. The van der Waals surface area contributed by atoms with Crippen LogP contribution < -0.4 is 10.1 Å². The quantitative estimate of drug-likeness (QED) is 0.898. The molecule has 6 heteroatoms. The average molecular weight is 284 g/mol. The van der Waals surface area contributed by atoms with E-state index in [4.69, 9.17) is 4.74 Å².